The Kier molecular flexibility index (Phi) is 4.59. The number of pyridine rings is 1. The molecule has 0 saturated carbocycles. The van der Waals surface area contributed by atoms with Gasteiger partial charge in [0.15, 0.2) is 0 Å². The molecule has 0 spiro atoms. The Bertz CT molecular complexity index is 473. The van der Waals surface area contributed by atoms with Crippen molar-refractivity contribution in [2.24, 2.45) is 0 Å². The zero-order valence-electron chi connectivity index (χ0n) is 10.4. The summed E-state index contributed by atoms with van der Waals surface area (Å²) in [6.07, 6.45) is 0.529. The SMILES string of the molecule is CCOC(=O)c1cc(CC)nc(OC)c1[N+](=O)[O-]. The Morgan fingerprint density at radius 2 is 2.17 bits per heavy atom. The van der Waals surface area contributed by atoms with Crippen LogP contribution in [-0.4, -0.2) is 29.6 Å². The second kappa shape index (κ2) is 5.95. The van der Waals surface area contributed by atoms with Crippen molar-refractivity contribution in [1.29, 1.82) is 0 Å². The van der Waals surface area contributed by atoms with Crippen molar-refractivity contribution in [3.8, 4) is 5.88 Å². The van der Waals surface area contributed by atoms with Crippen LogP contribution in [0.4, 0.5) is 5.69 Å². The van der Waals surface area contributed by atoms with E-state index in [-0.39, 0.29) is 18.1 Å². The molecule has 1 heterocycles. The number of carbonyl (C=O) groups excluding carboxylic acids is 1. The summed E-state index contributed by atoms with van der Waals surface area (Å²) in [7, 11) is 1.27. The molecule has 0 fully saturated rings. The van der Waals surface area contributed by atoms with Crippen LogP contribution in [0.15, 0.2) is 6.07 Å². The van der Waals surface area contributed by atoms with E-state index in [2.05, 4.69) is 4.98 Å². The van der Waals surface area contributed by atoms with Crippen LogP contribution in [0.1, 0.15) is 29.9 Å². The molecule has 18 heavy (non-hydrogen) atoms. The lowest BCUT2D eigenvalue weighted by Gasteiger charge is -2.08. The maximum Gasteiger partial charge on any atom is 0.345 e. The van der Waals surface area contributed by atoms with Gasteiger partial charge in [-0.3, -0.25) is 10.1 Å². The second-order valence-electron chi connectivity index (χ2n) is 3.35. The van der Waals surface area contributed by atoms with Crippen molar-refractivity contribution in [2.45, 2.75) is 20.3 Å². The molecule has 0 unspecified atom stereocenters. The third-order valence-electron chi connectivity index (χ3n) is 2.25. The van der Waals surface area contributed by atoms with E-state index < -0.39 is 16.6 Å². The maximum atomic E-state index is 11.7. The van der Waals surface area contributed by atoms with Crippen LogP contribution in [0.5, 0.6) is 5.88 Å². The van der Waals surface area contributed by atoms with Gasteiger partial charge in [0, 0.05) is 5.69 Å². The number of aromatic nitrogens is 1. The molecule has 0 aliphatic rings. The normalized spacial score (nSPS) is 9.94. The highest BCUT2D eigenvalue weighted by molar-refractivity contribution is 5.95. The molecule has 1 aromatic rings. The minimum atomic E-state index is -0.750. The van der Waals surface area contributed by atoms with Crippen molar-refractivity contribution >= 4 is 11.7 Å². The number of hydrogen-bond acceptors (Lipinski definition) is 6. The van der Waals surface area contributed by atoms with E-state index in [0.717, 1.165) is 0 Å². The first-order chi connectivity index (χ1) is 8.54. The van der Waals surface area contributed by atoms with Crippen molar-refractivity contribution < 1.29 is 19.2 Å². The Labute approximate surface area is 104 Å². The van der Waals surface area contributed by atoms with Crippen molar-refractivity contribution in [3.63, 3.8) is 0 Å². The van der Waals surface area contributed by atoms with Gasteiger partial charge in [0.25, 0.3) is 5.88 Å². The number of carbonyl (C=O) groups is 1. The lowest BCUT2D eigenvalue weighted by molar-refractivity contribution is -0.386. The summed E-state index contributed by atoms with van der Waals surface area (Å²) in [6, 6.07) is 1.36. The van der Waals surface area contributed by atoms with Crippen molar-refractivity contribution in [2.75, 3.05) is 13.7 Å². The molecule has 0 N–H and O–H groups in total. The minimum absolute atomic E-state index is 0.134. The van der Waals surface area contributed by atoms with Crippen molar-refractivity contribution in [3.05, 3.63) is 27.4 Å². The van der Waals surface area contributed by atoms with E-state index >= 15 is 0 Å². The minimum Gasteiger partial charge on any atom is -0.476 e. The highest BCUT2D eigenvalue weighted by Crippen LogP contribution is 2.30. The lowest BCUT2D eigenvalue weighted by Crippen LogP contribution is -2.11. The van der Waals surface area contributed by atoms with Crippen LogP contribution in [-0.2, 0) is 11.2 Å². The number of nitrogens with zero attached hydrogens (tertiary/aromatic N) is 2. The number of ether oxygens (including phenoxy) is 2. The van der Waals surface area contributed by atoms with E-state index in [1.165, 1.54) is 13.2 Å². The molecular formula is C11H14N2O5. The van der Waals surface area contributed by atoms with Gasteiger partial charge in [-0.05, 0) is 19.4 Å². The van der Waals surface area contributed by atoms with Gasteiger partial charge < -0.3 is 9.47 Å². The average molecular weight is 254 g/mol. The molecule has 98 valence electrons. The number of hydrogen-bond donors (Lipinski definition) is 0. The standard InChI is InChI=1S/C11H14N2O5/c1-4-7-6-8(11(14)18-5-2)9(13(15)16)10(12-7)17-3/h6H,4-5H2,1-3H3. The monoisotopic (exact) mass is 254 g/mol. The van der Waals surface area contributed by atoms with Crippen LogP contribution in [0.25, 0.3) is 0 Å². The first-order valence-electron chi connectivity index (χ1n) is 5.44. The molecule has 0 bridgehead atoms. The summed E-state index contributed by atoms with van der Waals surface area (Å²) >= 11 is 0. The Hall–Kier alpha value is -2.18. The van der Waals surface area contributed by atoms with Crippen LogP contribution < -0.4 is 4.74 Å². The summed E-state index contributed by atoms with van der Waals surface area (Å²) in [6.45, 7) is 3.59. The highest BCUT2D eigenvalue weighted by atomic mass is 16.6. The van der Waals surface area contributed by atoms with Gasteiger partial charge in [0.05, 0.1) is 18.6 Å². The third-order valence-corrected chi connectivity index (χ3v) is 2.25. The van der Waals surface area contributed by atoms with Gasteiger partial charge in [0.1, 0.15) is 5.56 Å². The Morgan fingerprint density at radius 3 is 2.61 bits per heavy atom. The molecule has 0 aliphatic carbocycles. The number of rotatable bonds is 5. The number of esters is 1. The smallest absolute Gasteiger partial charge is 0.345 e. The van der Waals surface area contributed by atoms with E-state index in [9.17, 15) is 14.9 Å². The molecule has 0 amide bonds. The summed E-state index contributed by atoms with van der Waals surface area (Å²) in [4.78, 5) is 25.9. The number of methoxy groups -OCH3 is 1. The zero-order valence-corrected chi connectivity index (χ0v) is 10.4. The van der Waals surface area contributed by atoms with E-state index in [4.69, 9.17) is 9.47 Å². The lowest BCUT2D eigenvalue weighted by atomic mass is 10.1. The molecule has 1 aromatic heterocycles. The molecule has 0 radical (unpaired) electrons. The van der Waals surface area contributed by atoms with Crippen LogP contribution in [0, 0.1) is 10.1 Å². The van der Waals surface area contributed by atoms with Gasteiger partial charge in [-0.15, -0.1) is 0 Å². The van der Waals surface area contributed by atoms with Gasteiger partial charge >= 0.3 is 11.7 Å². The van der Waals surface area contributed by atoms with Gasteiger partial charge in [-0.1, -0.05) is 6.92 Å². The number of aryl methyl sites for hydroxylation is 1. The molecule has 7 nitrogen and oxygen atoms in total. The van der Waals surface area contributed by atoms with Gasteiger partial charge in [0.2, 0.25) is 0 Å². The predicted molar refractivity (Wildman–Crippen MR) is 62.8 cm³/mol. The Balaban J connectivity index is 3.43. The number of nitro groups is 1. The Morgan fingerprint density at radius 1 is 1.50 bits per heavy atom. The van der Waals surface area contributed by atoms with E-state index in [1.54, 1.807) is 6.92 Å². The fourth-order valence-electron chi connectivity index (χ4n) is 1.43. The molecule has 7 heteroatoms. The fraction of sp³-hybridized carbons (Fsp3) is 0.455. The van der Waals surface area contributed by atoms with E-state index in [0.29, 0.717) is 12.1 Å². The van der Waals surface area contributed by atoms with Crippen LogP contribution in [0.3, 0.4) is 0 Å². The van der Waals surface area contributed by atoms with E-state index in [1.807, 2.05) is 6.92 Å². The summed E-state index contributed by atoms with van der Waals surface area (Å²) in [5.41, 5.74) is -0.0702. The largest absolute Gasteiger partial charge is 0.476 e. The molecule has 0 atom stereocenters. The summed E-state index contributed by atoms with van der Waals surface area (Å²) in [5, 5.41) is 11.0. The molecule has 0 aliphatic heterocycles. The molecule has 0 saturated heterocycles. The third kappa shape index (κ3) is 2.73. The molecule has 1 rings (SSSR count). The first kappa shape index (κ1) is 13.9. The first-order valence-corrected chi connectivity index (χ1v) is 5.44. The summed E-state index contributed by atoms with van der Waals surface area (Å²) in [5.74, 6) is -0.929. The maximum absolute atomic E-state index is 11.7. The topological polar surface area (TPSA) is 91.6 Å². The predicted octanol–water partition coefficient (Wildman–Crippen LogP) is 1.74. The summed E-state index contributed by atoms with van der Waals surface area (Å²) < 4.78 is 9.65. The van der Waals surface area contributed by atoms with Crippen molar-refractivity contribution in [1.82, 2.24) is 4.98 Å². The highest BCUT2D eigenvalue weighted by Gasteiger charge is 2.28. The van der Waals surface area contributed by atoms with Crippen LogP contribution in [0.2, 0.25) is 0 Å². The molecular weight excluding hydrogens is 240 g/mol. The molecule has 0 aromatic carbocycles. The van der Waals surface area contributed by atoms with Gasteiger partial charge in [-0.25, -0.2) is 9.78 Å². The van der Waals surface area contributed by atoms with Gasteiger partial charge in [-0.2, -0.15) is 0 Å². The second-order valence-corrected chi connectivity index (χ2v) is 3.35. The van der Waals surface area contributed by atoms with Crippen LogP contribution >= 0.6 is 0 Å². The quantitative estimate of drug-likeness (QED) is 0.451. The average Bonchev–Trinajstić information content (AvgIpc) is 2.36. The fourth-order valence-corrected chi connectivity index (χ4v) is 1.43. The zero-order chi connectivity index (χ0) is 13.7.